The number of ether oxygens (including phenoxy) is 1. The number of rotatable bonds is 6. The quantitative estimate of drug-likeness (QED) is 0.433. The monoisotopic (exact) mass is 575 g/mol. The fourth-order valence-corrected chi connectivity index (χ4v) is 6.39. The summed E-state index contributed by atoms with van der Waals surface area (Å²) < 4.78 is 71.3. The topological polar surface area (TPSA) is 88.0 Å². The predicted molar refractivity (Wildman–Crippen MR) is 146 cm³/mol. The maximum absolute atomic E-state index is 13.6. The van der Waals surface area contributed by atoms with Crippen LogP contribution in [0, 0.1) is 11.8 Å². The second-order valence-electron chi connectivity index (χ2n) is 10.6. The average molecular weight is 576 g/mol. The van der Waals surface area contributed by atoms with Gasteiger partial charge in [0.1, 0.15) is 17.1 Å². The van der Waals surface area contributed by atoms with Gasteiger partial charge in [0, 0.05) is 42.2 Å². The Hall–Kier alpha value is -3.27. The van der Waals surface area contributed by atoms with E-state index in [1.54, 1.807) is 18.3 Å². The molecule has 12 heteroatoms. The van der Waals surface area contributed by atoms with Crippen LogP contribution in [-0.2, 0) is 16.3 Å². The Labute approximate surface area is 231 Å². The number of imidazole rings is 1. The molecule has 1 aromatic carbocycles. The maximum Gasteiger partial charge on any atom is 0.394 e. The Morgan fingerprint density at radius 1 is 1.27 bits per heavy atom. The number of sulfone groups is 1. The fourth-order valence-electron chi connectivity index (χ4n) is 5.75. The fraction of sp³-hybridized carbons (Fsp3) is 0.464. The number of likely N-dealkylation sites (tertiary alicyclic amines) is 1. The van der Waals surface area contributed by atoms with Crippen LogP contribution in [0.2, 0.25) is 0 Å². The minimum atomic E-state index is -4.43. The third-order valence-electron chi connectivity index (χ3n) is 7.63. The molecule has 0 unspecified atom stereocenters. The number of nitrogens with one attached hydrogen (secondary N) is 2. The minimum Gasteiger partial charge on any atom is -0.495 e. The molecule has 0 saturated carbocycles. The van der Waals surface area contributed by atoms with Crippen molar-refractivity contribution in [3.05, 3.63) is 53.5 Å². The summed E-state index contributed by atoms with van der Waals surface area (Å²) in [4.78, 5) is 7.02. The van der Waals surface area contributed by atoms with Crippen LogP contribution in [0.4, 0.5) is 18.9 Å². The van der Waals surface area contributed by atoms with Gasteiger partial charge in [-0.3, -0.25) is 0 Å². The van der Waals surface area contributed by atoms with Gasteiger partial charge in [0.15, 0.2) is 9.84 Å². The van der Waals surface area contributed by atoms with Crippen LogP contribution in [0.15, 0.2) is 41.4 Å². The zero-order valence-corrected chi connectivity index (χ0v) is 23.4. The van der Waals surface area contributed by atoms with Gasteiger partial charge in [-0.25, -0.2) is 13.4 Å². The number of hydrogen-bond donors (Lipinski definition) is 2. The minimum absolute atomic E-state index is 0.000228. The first-order valence-electron chi connectivity index (χ1n) is 13.0. The number of aromatic nitrogens is 2. The van der Waals surface area contributed by atoms with E-state index >= 15 is 0 Å². The second-order valence-corrected chi connectivity index (χ2v) is 12.7. The van der Waals surface area contributed by atoms with E-state index in [4.69, 9.17) is 4.74 Å². The van der Waals surface area contributed by atoms with E-state index in [2.05, 4.69) is 39.4 Å². The third-order valence-corrected chi connectivity index (χ3v) is 8.74. The summed E-state index contributed by atoms with van der Waals surface area (Å²) in [6.07, 6.45) is 0.0718. The summed E-state index contributed by atoms with van der Waals surface area (Å²) in [5, 5.41) is 6.80. The van der Waals surface area contributed by atoms with Crippen molar-refractivity contribution in [2.24, 2.45) is 0 Å². The van der Waals surface area contributed by atoms with Gasteiger partial charge in [0.05, 0.1) is 36.4 Å². The van der Waals surface area contributed by atoms with E-state index in [0.717, 1.165) is 44.2 Å². The zero-order chi connectivity index (χ0) is 28.7. The molecule has 5 rings (SSSR count). The van der Waals surface area contributed by atoms with Crippen molar-refractivity contribution in [3.63, 3.8) is 0 Å². The molecule has 0 bridgehead atoms. The Bertz CT molecular complexity index is 1590. The predicted octanol–water partition coefficient (Wildman–Crippen LogP) is 3.81. The number of methoxy groups -OCH3 is 1. The number of nitrogens with zero attached hydrogens (tertiary/aromatic N) is 3. The Morgan fingerprint density at radius 2 is 2.08 bits per heavy atom. The van der Waals surface area contributed by atoms with E-state index in [1.165, 1.54) is 23.6 Å². The lowest BCUT2D eigenvalue weighted by atomic mass is 9.97. The number of fused-ring (bicyclic) bond motifs is 1. The van der Waals surface area contributed by atoms with Crippen molar-refractivity contribution < 1.29 is 26.3 Å². The smallest absolute Gasteiger partial charge is 0.394 e. The lowest BCUT2D eigenvalue weighted by Crippen LogP contribution is -2.42. The summed E-state index contributed by atoms with van der Waals surface area (Å²) in [6, 6.07) is 8.11. The van der Waals surface area contributed by atoms with E-state index in [1.807, 2.05) is 6.07 Å². The summed E-state index contributed by atoms with van der Waals surface area (Å²) in [6.45, 7) is 2.05. The maximum atomic E-state index is 13.6. The molecule has 214 valence electrons. The molecule has 2 fully saturated rings. The van der Waals surface area contributed by atoms with E-state index in [0.29, 0.717) is 17.1 Å². The van der Waals surface area contributed by atoms with Crippen molar-refractivity contribution in [2.45, 2.75) is 48.3 Å². The van der Waals surface area contributed by atoms with Crippen LogP contribution in [0.3, 0.4) is 0 Å². The van der Waals surface area contributed by atoms with Gasteiger partial charge in [-0.1, -0.05) is 12.0 Å². The van der Waals surface area contributed by atoms with E-state index in [-0.39, 0.29) is 34.4 Å². The highest BCUT2D eigenvalue weighted by Crippen LogP contribution is 2.39. The van der Waals surface area contributed by atoms with Gasteiger partial charge in [-0.05, 0) is 57.0 Å². The highest BCUT2D eigenvalue weighted by Gasteiger charge is 2.43. The molecule has 8 nitrogen and oxygen atoms in total. The number of pyridine rings is 1. The standard InChI is InChI=1S/C28H32F3N5O3S/c1-35-15-12-27(18-35)11-10-21(34-27)20-6-5-14-36-24(17-28(29,30)31)22(33-26(20)36)7-4-13-32-23-9-8-19(40(3,37)38)16-25(23)39-2/h5-6,8-9,14,16,21,32,34H,10-13,15,17-18H2,1-3H3/t21-,27+/m1/s1. The SMILES string of the molecule is COc1cc(S(C)(=O)=O)ccc1NCC#Cc1nc2c([C@H]3CC[C@@]4(CCN(C)C4)N3)cccn2c1CC(F)(F)F. The molecule has 4 heterocycles. The largest absolute Gasteiger partial charge is 0.495 e. The molecule has 2 aromatic heterocycles. The van der Waals surface area contributed by atoms with Gasteiger partial charge in [-0.15, -0.1) is 0 Å². The second kappa shape index (κ2) is 10.6. The molecule has 2 aliphatic heterocycles. The first kappa shape index (κ1) is 28.3. The number of likely N-dealkylation sites (N-methyl/N-ethyl adjacent to an activating group) is 1. The molecule has 0 radical (unpaired) electrons. The molecule has 2 N–H and O–H groups in total. The van der Waals surface area contributed by atoms with E-state index < -0.39 is 22.4 Å². The molecule has 40 heavy (non-hydrogen) atoms. The molecule has 2 saturated heterocycles. The van der Waals surface area contributed by atoms with Gasteiger partial charge in [-0.2, -0.15) is 13.2 Å². The van der Waals surface area contributed by atoms with Crippen molar-refractivity contribution >= 4 is 21.2 Å². The zero-order valence-electron chi connectivity index (χ0n) is 22.6. The van der Waals surface area contributed by atoms with Gasteiger partial charge in [0.2, 0.25) is 0 Å². The number of alkyl halides is 3. The third kappa shape index (κ3) is 5.92. The van der Waals surface area contributed by atoms with Crippen LogP contribution in [0.1, 0.15) is 42.3 Å². The van der Waals surface area contributed by atoms with Crippen LogP contribution in [0.25, 0.3) is 5.65 Å². The lowest BCUT2D eigenvalue weighted by molar-refractivity contribution is -0.128. The molecular weight excluding hydrogens is 543 g/mol. The normalized spacial score (nSPS) is 21.6. The highest BCUT2D eigenvalue weighted by atomic mass is 32.2. The average Bonchev–Trinajstić information content (AvgIpc) is 3.57. The Balaban J connectivity index is 1.42. The Morgan fingerprint density at radius 3 is 2.75 bits per heavy atom. The van der Waals surface area contributed by atoms with Gasteiger partial charge < -0.3 is 24.7 Å². The lowest BCUT2D eigenvalue weighted by Gasteiger charge is -2.25. The van der Waals surface area contributed by atoms with Crippen LogP contribution in [0.5, 0.6) is 5.75 Å². The Kier molecular flexibility index (Phi) is 7.50. The van der Waals surface area contributed by atoms with Crippen LogP contribution >= 0.6 is 0 Å². The number of hydrogen-bond acceptors (Lipinski definition) is 7. The van der Waals surface area contributed by atoms with Crippen molar-refractivity contribution in [1.82, 2.24) is 19.6 Å². The summed E-state index contributed by atoms with van der Waals surface area (Å²) in [7, 11) is 0.109. The van der Waals surface area contributed by atoms with Crippen LogP contribution in [-0.4, -0.2) is 74.5 Å². The molecule has 0 amide bonds. The van der Waals surface area contributed by atoms with Crippen molar-refractivity contribution in [3.8, 4) is 17.6 Å². The number of benzene rings is 1. The molecule has 3 aromatic rings. The summed E-state index contributed by atoms with van der Waals surface area (Å²) in [5.41, 5.74) is 1.98. The number of anilines is 1. The van der Waals surface area contributed by atoms with Gasteiger partial charge >= 0.3 is 6.18 Å². The van der Waals surface area contributed by atoms with Crippen molar-refractivity contribution in [2.75, 3.05) is 45.4 Å². The summed E-state index contributed by atoms with van der Waals surface area (Å²) >= 11 is 0. The van der Waals surface area contributed by atoms with E-state index in [9.17, 15) is 21.6 Å². The molecule has 0 aliphatic carbocycles. The summed E-state index contributed by atoms with van der Waals surface area (Å²) in [5.74, 6) is 6.02. The number of halogens is 3. The first-order valence-corrected chi connectivity index (χ1v) is 14.9. The molecule has 2 atom stereocenters. The molecule has 2 aliphatic rings. The van der Waals surface area contributed by atoms with Crippen molar-refractivity contribution in [1.29, 1.82) is 0 Å². The first-order chi connectivity index (χ1) is 18.9. The molecule has 1 spiro atoms. The van der Waals surface area contributed by atoms with Crippen LogP contribution < -0.4 is 15.4 Å². The highest BCUT2D eigenvalue weighted by molar-refractivity contribution is 7.90. The molecular formula is C28H32F3N5O3S. The van der Waals surface area contributed by atoms with Gasteiger partial charge in [0.25, 0.3) is 0 Å².